The first kappa shape index (κ1) is 15.5. The summed E-state index contributed by atoms with van der Waals surface area (Å²) in [6.07, 6.45) is 5.47. The van der Waals surface area contributed by atoms with E-state index < -0.39 is 6.10 Å². The second-order valence-corrected chi connectivity index (χ2v) is 6.33. The first-order valence-corrected chi connectivity index (χ1v) is 8.33. The van der Waals surface area contributed by atoms with E-state index in [1.54, 1.807) is 0 Å². The van der Waals surface area contributed by atoms with Gasteiger partial charge in [0, 0.05) is 25.5 Å². The van der Waals surface area contributed by atoms with Crippen molar-refractivity contribution in [3.63, 3.8) is 0 Å². The number of para-hydroxylation sites is 1. The lowest BCUT2D eigenvalue weighted by atomic mass is 10.1. The Morgan fingerprint density at radius 2 is 2.32 bits per heavy atom. The molecule has 118 valence electrons. The summed E-state index contributed by atoms with van der Waals surface area (Å²) in [5.41, 5.74) is 0. The number of aliphatic hydroxyl groups is 1. The summed E-state index contributed by atoms with van der Waals surface area (Å²) < 4.78 is 8.70. The average Bonchev–Trinajstić information content (AvgIpc) is 3.01. The third-order valence-corrected chi connectivity index (χ3v) is 4.47. The average molecular weight is 366 g/mol. The number of aryl methyl sites for hydroxylation is 1. The quantitative estimate of drug-likeness (QED) is 0.825. The Morgan fingerprint density at radius 3 is 3.18 bits per heavy atom. The summed E-state index contributed by atoms with van der Waals surface area (Å²) in [6.45, 7) is 1.78. The standard InChI is InChI=1S/C16H20BrN3O2/c17-13-4-1-2-6-15(13)22-11-12(21)10-19-14-5-3-8-20-9-7-18-16(14)20/h1-2,4,6-7,9,12,14,19,21H,3,5,8,10-11H2. The first-order valence-electron chi connectivity index (χ1n) is 7.54. The van der Waals surface area contributed by atoms with Crippen LogP contribution in [0.25, 0.3) is 0 Å². The maximum Gasteiger partial charge on any atom is 0.133 e. The largest absolute Gasteiger partial charge is 0.490 e. The van der Waals surface area contributed by atoms with Crippen LogP contribution in [0.1, 0.15) is 24.7 Å². The molecule has 0 saturated heterocycles. The Hall–Kier alpha value is -1.37. The van der Waals surface area contributed by atoms with E-state index in [1.165, 1.54) is 0 Å². The van der Waals surface area contributed by atoms with Crippen molar-refractivity contribution in [1.29, 1.82) is 0 Å². The van der Waals surface area contributed by atoms with E-state index in [0.717, 1.165) is 35.4 Å². The Balaban J connectivity index is 1.47. The summed E-state index contributed by atoms with van der Waals surface area (Å²) in [6, 6.07) is 7.85. The number of fused-ring (bicyclic) bond motifs is 1. The van der Waals surface area contributed by atoms with Gasteiger partial charge in [-0.1, -0.05) is 12.1 Å². The highest BCUT2D eigenvalue weighted by atomic mass is 79.9. The third-order valence-electron chi connectivity index (χ3n) is 3.82. The van der Waals surface area contributed by atoms with Crippen LogP contribution >= 0.6 is 15.9 Å². The van der Waals surface area contributed by atoms with E-state index in [2.05, 4.69) is 30.8 Å². The van der Waals surface area contributed by atoms with Gasteiger partial charge in [-0.15, -0.1) is 0 Å². The van der Waals surface area contributed by atoms with Crippen molar-refractivity contribution >= 4 is 15.9 Å². The molecule has 5 nitrogen and oxygen atoms in total. The number of aromatic nitrogens is 2. The molecular weight excluding hydrogens is 346 g/mol. The monoisotopic (exact) mass is 365 g/mol. The van der Waals surface area contributed by atoms with Gasteiger partial charge in [-0.25, -0.2) is 4.98 Å². The lowest BCUT2D eigenvalue weighted by Crippen LogP contribution is -2.36. The number of halogens is 1. The highest BCUT2D eigenvalue weighted by Crippen LogP contribution is 2.24. The van der Waals surface area contributed by atoms with Crippen LogP contribution in [0, 0.1) is 0 Å². The molecule has 1 aliphatic rings. The molecule has 0 bridgehead atoms. The van der Waals surface area contributed by atoms with Crippen LogP contribution in [0.2, 0.25) is 0 Å². The van der Waals surface area contributed by atoms with Gasteiger partial charge >= 0.3 is 0 Å². The molecule has 2 atom stereocenters. The molecular formula is C16H20BrN3O2. The van der Waals surface area contributed by atoms with Gasteiger partial charge in [0.05, 0.1) is 10.5 Å². The lowest BCUT2D eigenvalue weighted by Gasteiger charge is -2.25. The van der Waals surface area contributed by atoms with Gasteiger partial charge in [-0.3, -0.25) is 0 Å². The van der Waals surface area contributed by atoms with Crippen LogP contribution in [-0.4, -0.2) is 33.9 Å². The minimum atomic E-state index is -0.558. The number of ether oxygens (including phenoxy) is 1. The van der Waals surface area contributed by atoms with Crippen molar-refractivity contribution in [2.24, 2.45) is 0 Å². The third kappa shape index (κ3) is 3.69. The van der Waals surface area contributed by atoms with Gasteiger partial charge in [-0.05, 0) is 40.9 Å². The molecule has 2 aromatic rings. The summed E-state index contributed by atoms with van der Waals surface area (Å²) in [4.78, 5) is 4.40. The first-order chi connectivity index (χ1) is 10.7. The van der Waals surface area contributed by atoms with Crippen LogP contribution in [0.4, 0.5) is 0 Å². The fourth-order valence-electron chi connectivity index (χ4n) is 2.69. The SMILES string of the molecule is OC(CNC1CCCn2ccnc21)COc1ccccc1Br. The zero-order valence-electron chi connectivity index (χ0n) is 12.3. The van der Waals surface area contributed by atoms with Crippen LogP contribution in [0.5, 0.6) is 5.75 Å². The van der Waals surface area contributed by atoms with Crippen molar-refractivity contribution < 1.29 is 9.84 Å². The fraction of sp³-hybridized carbons (Fsp3) is 0.438. The molecule has 0 saturated carbocycles. The van der Waals surface area contributed by atoms with Crippen LogP contribution < -0.4 is 10.1 Å². The summed E-state index contributed by atoms with van der Waals surface area (Å²) >= 11 is 3.43. The van der Waals surface area contributed by atoms with Crippen molar-refractivity contribution in [1.82, 2.24) is 14.9 Å². The van der Waals surface area contributed by atoms with Crippen LogP contribution in [0.3, 0.4) is 0 Å². The van der Waals surface area contributed by atoms with Crippen molar-refractivity contribution in [2.75, 3.05) is 13.2 Å². The number of nitrogens with zero attached hydrogens (tertiary/aromatic N) is 2. The van der Waals surface area contributed by atoms with Gasteiger partial charge < -0.3 is 19.7 Å². The van der Waals surface area contributed by atoms with Gasteiger partial charge in [0.25, 0.3) is 0 Å². The molecule has 22 heavy (non-hydrogen) atoms. The van der Waals surface area contributed by atoms with Crippen molar-refractivity contribution in [3.05, 3.63) is 47.0 Å². The molecule has 0 aliphatic carbocycles. The Bertz CT molecular complexity index is 617. The van der Waals surface area contributed by atoms with Crippen LogP contribution in [-0.2, 0) is 6.54 Å². The second-order valence-electron chi connectivity index (χ2n) is 5.48. The molecule has 3 rings (SSSR count). The minimum Gasteiger partial charge on any atom is -0.490 e. The summed E-state index contributed by atoms with van der Waals surface area (Å²) in [7, 11) is 0. The highest BCUT2D eigenvalue weighted by molar-refractivity contribution is 9.10. The summed E-state index contributed by atoms with van der Waals surface area (Å²) in [5.74, 6) is 1.81. The smallest absolute Gasteiger partial charge is 0.133 e. The maximum atomic E-state index is 10.1. The second kappa shape index (κ2) is 7.26. The summed E-state index contributed by atoms with van der Waals surface area (Å²) in [5, 5.41) is 13.5. The number of hydrogen-bond acceptors (Lipinski definition) is 4. The van der Waals surface area contributed by atoms with Gasteiger partial charge in [-0.2, -0.15) is 0 Å². The molecule has 2 heterocycles. The predicted octanol–water partition coefficient (Wildman–Crippen LogP) is 2.51. The molecule has 1 aromatic carbocycles. The predicted molar refractivity (Wildman–Crippen MR) is 87.8 cm³/mol. The molecule has 1 aromatic heterocycles. The Kier molecular flexibility index (Phi) is 5.12. The number of aliphatic hydroxyl groups excluding tert-OH is 1. The Morgan fingerprint density at radius 1 is 1.45 bits per heavy atom. The van der Waals surface area contributed by atoms with Gasteiger partial charge in [0.2, 0.25) is 0 Å². The van der Waals surface area contributed by atoms with Gasteiger partial charge in [0.1, 0.15) is 24.3 Å². The Labute approximate surface area is 138 Å². The molecule has 0 radical (unpaired) electrons. The van der Waals surface area contributed by atoms with E-state index >= 15 is 0 Å². The van der Waals surface area contributed by atoms with Crippen LogP contribution in [0.15, 0.2) is 41.1 Å². The number of benzene rings is 1. The van der Waals surface area contributed by atoms with E-state index in [-0.39, 0.29) is 12.6 Å². The molecule has 1 aliphatic heterocycles. The van der Waals surface area contributed by atoms with Crippen molar-refractivity contribution in [2.45, 2.75) is 31.5 Å². The number of hydrogen-bond donors (Lipinski definition) is 2. The molecule has 6 heteroatoms. The zero-order chi connectivity index (χ0) is 15.4. The number of imidazole rings is 1. The minimum absolute atomic E-state index is 0.210. The number of rotatable bonds is 6. The van der Waals surface area contributed by atoms with Crippen molar-refractivity contribution in [3.8, 4) is 5.75 Å². The normalized spacial score (nSPS) is 18.7. The molecule has 0 amide bonds. The maximum absolute atomic E-state index is 10.1. The van der Waals surface area contributed by atoms with E-state index in [9.17, 15) is 5.11 Å². The van der Waals surface area contributed by atoms with Gasteiger partial charge in [0.15, 0.2) is 0 Å². The lowest BCUT2D eigenvalue weighted by molar-refractivity contribution is 0.101. The van der Waals surface area contributed by atoms with E-state index in [1.807, 2.05) is 36.7 Å². The molecule has 2 N–H and O–H groups in total. The zero-order valence-corrected chi connectivity index (χ0v) is 13.9. The molecule has 0 spiro atoms. The molecule has 0 fully saturated rings. The topological polar surface area (TPSA) is 59.3 Å². The highest BCUT2D eigenvalue weighted by Gasteiger charge is 2.21. The number of nitrogens with one attached hydrogen (secondary N) is 1. The molecule has 2 unspecified atom stereocenters. The van der Waals surface area contributed by atoms with E-state index in [0.29, 0.717) is 6.54 Å². The van der Waals surface area contributed by atoms with E-state index in [4.69, 9.17) is 4.74 Å². The fourth-order valence-corrected chi connectivity index (χ4v) is 3.09.